The molecule has 0 radical (unpaired) electrons. The molecule has 2 amide bonds. The molecule has 164 valence electrons. The van der Waals surface area contributed by atoms with E-state index in [0.29, 0.717) is 17.9 Å². The van der Waals surface area contributed by atoms with Gasteiger partial charge in [0.15, 0.2) is 0 Å². The summed E-state index contributed by atoms with van der Waals surface area (Å²) in [5.74, 6) is -0.583. The van der Waals surface area contributed by atoms with Gasteiger partial charge in [-0.05, 0) is 50.1 Å². The van der Waals surface area contributed by atoms with Gasteiger partial charge in [0.2, 0.25) is 17.8 Å². The van der Waals surface area contributed by atoms with Crippen molar-refractivity contribution in [2.24, 2.45) is 5.92 Å². The van der Waals surface area contributed by atoms with E-state index in [-0.39, 0.29) is 35.1 Å². The highest BCUT2D eigenvalue weighted by Crippen LogP contribution is 2.30. The summed E-state index contributed by atoms with van der Waals surface area (Å²) in [7, 11) is -3.85. The maximum atomic E-state index is 12.6. The van der Waals surface area contributed by atoms with Crippen molar-refractivity contribution < 1.29 is 18.0 Å². The number of aryl methyl sites for hydroxylation is 1. The Kier molecular flexibility index (Phi) is 5.90. The second-order valence-corrected chi connectivity index (χ2v) is 9.71. The number of rotatable bonds is 6. The molecule has 9 nitrogen and oxygen atoms in total. The maximum absolute atomic E-state index is 12.6. The Morgan fingerprint density at radius 3 is 2.52 bits per heavy atom. The molecule has 10 heteroatoms. The lowest BCUT2D eigenvalue weighted by Gasteiger charge is -2.23. The van der Waals surface area contributed by atoms with Crippen LogP contribution < -0.4 is 10.0 Å². The summed E-state index contributed by atoms with van der Waals surface area (Å²) in [5.41, 5.74) is 1.12. The average Bonchev–Trinajstić information content (AvgIpc) is 3.37. The molecule has 0 spiro atoms. The Morgan fingerprint density at radius 1 is 1.13 bits per heavy atom. The van der Waals surface area contributed by atoms with Gasteiger partial charge in [-0.2, -0.15) is 0 Å². The van der Waals surface area contributed by atoms with Crippen LogP contribution in [0.1, 0.15) is 37.8 Å². The fraction of sp³-hybridized carbons (Fsp3) is 0.429. The van der Waals surface area contributed by atoms with E-state index in [0.717, 1.165) is 25.7 Å². The Hall–Kier alpha value is -3.01. The molecule has 2 fully saturated rings. The predicted molar refractivity (Wildman–Crippen MR) is 115 cm³/mol. The lowest BCUT2D eigenvalue weighted by atomic mass is 10.1. The Bertz CT molecular complexity index is 1080. The van der Waals surface area contributed by atoms with Gasteiger partial charge in [0.25, 0.3) is 10.0 Å². The molecule has 1 aliphatic carbocycles. The maximum Gasteiger partial charge on any atom is 0.264 e. The van der Waals surface area contributed by atoms with Crippen LogP contribution in [0.3, 0.4) is 0 Å². The zero-order valence-corrected chi connectivity index (χ0v) is 18.1. The third-order valence-electron chi connectivity index (χ3n) is 5.75. The molecule has 2 heterocycles. The van der Waals surface area contributed by atoms with Crippen LogP contribution in [-0.2, 0) is 19.6 Å². The zero-order chi connectivity index (χ0) is 22.0. The number of nitrogens with one attached hydrogen (secondary N) is 2. The van der Waals surface area contributed by atoms with Gasteiger partial charge in [0.05, 0.1) is 10.8 Å². The van der Waals surface area contributed by atoms with Crippen molar-refractivity contribution in [2.75, 3.05) is 16.6 Å². The first-order chi connectivity index (χ1) is 14.8. The Labute approximate surface area is 181 Å². The molecule has 1 aliphatic heterocycles. The van der Waals surface area contributed by atoms with Crippen LogP contribution in [0.15, 0.2) is 41.4 Å². The van der Waals surface area contributed by atoms with E-state index in [4.69, 9.17) is 0 Å². The lowest BCUT2D eigenvalue weighted by molar-refractivity contribution is -0.129. The van der Waals surface area contributed by atoms with Crippen LogP contribution in [0.25, 0.3) is 0 Å². The summed E-state index contributed by atoms with van der Waals surface area (Å²) in [5, 5.41) is 2.79. The van der Waals surface area contributed by atoms with Gasteiger partial charge in [-0.3, -0.25) is 9.59 Å². The molecule has 0 unspecified atom stereocenters. The first-order valence-electron chi connectivity index (χ1n) is 10.3. The first kappa shape index (κ1) is 21.2. The largest absolute Gasteiger partial charge is 0.339 e. The van der Waals surface area contributed by atoms with Crippen LogP contribution in [0.4, 0.5) is 11.6 Å². The normalized spacial score (nSPS) is 19.6. The molecular formula is C21H25N5O4S. The Morgan fingerprint density at radius 2 is 1.84 bits per heavy atom. The van der Waals surface area contributed by atoms with E-state index in [1.54, 1.807) is 13.0 Å². The van der Waals surface area contributed by atoms with Gasteiger partial charge in [0.1, 0.15) is 0 Å². The number of benzene rings is 1. The molecular weight excluding hydrogens is 418 g/mol. The molecule has 2 N–H and O–H groups in total. The highest BCUT2D eigenvalue weighted by Gasteiger charge is 2.38. The second-order valence-electron chi connectivity index (χ2n) is 8.03. The zero-order valence-electron chi connectivity index (χ0n) is 17.2. The number of aromatic nitrogens is 2. The van der Waals surface area contributed by atoms with Crippen LogP contribution in [0, 0.1) is 12.8 Å². The smallest absolute Gasteiger partial charge is 0.264 e. The van der Waals surface area contributed by atoms with Crippen molar-refractivity contribution in [2.45, 2.75) is 50.0 Å². The van der Waals surface area contributed by atoms with Gasteiger partial charge in [-0.15, -0.1) is 0 Å². The van der Waals surface area contributed by atoms with Crippen molar-refractivity contribution in [3.63, 3.8) is 0 Å². The summed E-state index contributed by atoms with van der Waals surface area (Å²) < 4.78 is 27.4. The summed E-state index contributed by atoms with van der Waals surface area (Å²) >= 11 is 0. The van der Waals surface area contributed by atoms with E-state index >= 15 is 0 Å². The topological polar surface area (TPSA) is 121 Å². The number of carbonyl (C=O) groups excluding carboxylic acids is 2. The van der Waals surface area contributed by atoms with Crippen molar-refractivity contribution in [1.82, 2.24) is 14.9 Å². The average molecular weight is 444 g/mol. The van der Waals surface area contributed by atoms with Crippen molar-refractivity contribution in [1.29, 1.82) is 0 Å². The van der Waals surface area contributed by atoms with E-state index in [2.05, 4.69) is 20.0 Å². The summed E-state index contributed by atoms with van der Waals surface area (Å²) in [6.45, 7) is 2.18. The summed E-state index contributed by atoms with van der Waals surface area (Å²) in [6, 6.07) is 7.78. The minimum absolute atomic E-state index is 0.00454. The van der Waals surface area contributed by atoms with Crippen molar-refractivity contribution >= 4 is 33.5 Å². The second kappa shape index (κ2) is 8.62. The predicted octanol–water partition coefficient (Wildman–Crippen LogP) is 2.32. The molecule has 1 saturated heterocycles. The molecule has 1 saturated carbocycles. The monoisotopic (exact) mass is 443 g/mol. The molecule has 31 heavy (non-hydrogen) atoms. The SMILES string of the molecule is Cc1ccnc(NS(=O)(=O)c2ccc(NC(=O)[C@@H]3CC(=O)N(C4CCCC4)C3)cc2)n1. The van der Waals surface area contributed by atoms with E-state index in [9.17, 15) is 18.0 Å². The van der Waals surface area contributed by atoms with Gasteiger partial charge < -0.3 is 10.2 Å². The van der Waals surface area contributed by atoms with E-state index < -0.39 is 15.9 Å². The molecule has 4 rings (SSSR count). The van der Waals surface area contributed by atoms with Crippen molar-refractivity contribution in [3.8, 4) is 0 Å². The van der Waals surface area contributed by atoms with E-state index in [1.807, 2.05) is 4.90 Å². The number of hydrogen-bond acceptors (Lipinski definition) is 6. The van der Waals surface area contributed by atoms with Crippen LogP contribution in [-0.4, -0.2) is 47.7 Å². The van der Waals surface area contributed by atoms with Gasteiger partial charge in [-0.1, -0.05) is 12.8 Å². The lowest BCUT2D eigenvalue weighted by Crippen LogP contribution is -2.35. The third kappa shape index (κ3) is 4.84. The van der Waals surface area contributed by atoms with Crippen LogP contribution in [0.5, 0.6) is 0 Å². The summed E-state index contributed by atoms with van der Waals surface area (Å²) in [4.78, 5) is 34.8. The van der Waals surface area contributed by atoms with Gasteiger partial charge >= 0.3 is 0 Å². The molecule has 2 aromatic rings. The third-order valence-corrected chi connectivity index (χ3v) is 7.09. The number of carbonyl (C=O) groups is 2. The molecule has 1 atom stereocenters. The van der Waals surface area contributed by atoms with Crippen LogP contribution >= 0.6 is 0 Å². The number of sulfonamides is 1. The highest BCUT2D eigenvalue weighted by molar-refractivity contribution is 7.92. The molecule has 2 aliphatic rings. The van der Waals surface area contributed by atoms with Gasteiger partial charge in [-0.25, -0.2) is 23.1 Å². The number of nitrogens with zero attached hydrogens (tertiary/aromatic N) is 3. The minimum Gasteiger partial charge on any atom is -0.339 e. The standard InChI is InChI=1S/C21H25N5O4S/c1-14-10-11-22-21(23-14)25-31(29,30)18-8-6-16(7-9-18)24-20(28)15-12-19(27)26(13-15)17-4-2-3-5-17/h6-11,15,17H,2-5,12-13H2,1H3,(H,24,28)(H,22,23,25)/t15-/m1/s1. The fourth-order valence-electron chi connectivity index (χ4n) is 4.12. The summed E-state index contributed by atoms with van der Waals surface area (Å²) in [6.07, 6.45) is 5.97. The molecule has 0 bridgehead atoms. The quantitative estimate of drug-likeness (QED) is 0.707. The highest BCUT2D eigenvalue weighted by atomic mass is 32.2. The fourth-order valence-corrected chi connectivity index (χ4v) is 5.07. The Balaban J connectivity index is 1.38. The minimum atomic E-state index is -3.85. The van der Waals surface area contributed by atoms with Crippen molar-refractivity contribution in [3.05, 3.63) is 42.2 Å². The van der Waals surface area contributed by atoms with E-state index in [1.165, 1.54) is 30.5 Å². The first-order valence-corrected chi connectivity index (χ1v) is 11.8. The van der Waals surface area contributed by atoms with Gasteiger partial charge in [0, 0.05) is 36.6 Å². The number of anilines is 2. The number of hydrogen-bond donors (Lipinski definition) is 2. The molecule has 1 aromatic heterocycles. The van der Waals surface area contributed by atoms with Crippen LogP contribution in [0.2, 0.25) is 0 Å². The number of amides is 2. The molecule has 1 aromatic carbocycles. The number of likely N-dealkylation sites (tertiary alicyclic amines) is 1.